The lowest BCUT2D eigenvalue weighted by atomic mass is 10.0. The minimum absolute atomic E-state index is 0.587. The van der Waals surface area contributed by atoms with E-state index >= 15 is 0 Å². The van der Waals surface area contributed by atoms with Gasteiger partial charge in [0.15, 0.2) is 0 Å². The SMILES string of the molecule is O=CCCc1ccc2c(c1)C=CCO2. The molecule has 0 aliphatic carbocycles. The van der Waals surface area contributed by atoms with E-state index in [1.807, 2.05) is 18.2 Å². The van der Waals surface area contributed by atoms with Gasteiger partial charge in [-0.25, -0.2) is 0 Å². The predicted molar refractivity (Wildman–Crippen MR) is 55.4 cm³/mol. The molecular formula is C12H12O2. The fraction of sp³-hybridized carbons (Fsp3) is 0.250. The number of aldehydes is 1. The number of benzene rings is 1. The third-order valence-electron chi connectivity index (χ3n) is 2.26. The molecule has 72 valence electrons. The van der Waals surface area contributed by atoms with Crippen molar-refractivity contribution in [2.24, 2.45) is 0 Å². The van der Waals surface area contributed by atoms with Crippen LogP contribution in [0, 0.1) is 0 Å². The third-order valence-corrected chi connectivity index (χ3v) is 2.26. The largest absolute Gasteiger partial charge is 0.489 e. The Bertz CT molecular complexity index is 367. The van der Waals surface area contributed by atoms with Gasteiger partial charge in [-0.3, -0.25) is 0 Å². The molecule has 2 nitrogen and oxygen atoms in total. The van der Waals surface area contributed by atoms with E-state index in [0.29, 0.717) is 13.0 Å². The predicted octanol–water partition coefficient (Wildman–Crippen LogP) is 2.22. The minimum atomic E-state index is 0.587. The molecule has 1 heterocycles. The summed E-state index contributed by atoms with van der Waals surface area (Å²) in [6.07, 6.45) is 6.40. The number of hydrogen-bond acceptors (Lipinski definition) is 2. The first-order chi connectivity index (χ1) is 6.90. The highest BCUT2D eigenvalue weighted by molar-refractivity contribution is 5.60. The Kier molecular flexibility index (Phi) is 2.63. The molecule has 0 saturated carbocycles. The van der Waals surface area contributed by atoms with Crippen LogP contribution < -0.4 is 4.74 Å². The Morgan fingerprint density at radius 2 is 2.36 bits per heavy atom. The lowest BCUT2D eigenvalue weighted by molar-refractivity contribution is -0.107. The van der Waals surface area contributed by atoms with Gasteiger partial charge in [-0.15, -0.1) is 0 Å². The Morgan fingerprint density at radius 1 is 1.43 bits per heavy atom. The first kappa shape index (κ1) is 9.00. The molecule has 0 saturated heterocycles. The molecule has 0 atom stereocenters. The van der Waals surface area contributed by atoms with Crippen molar-refractivity contribution in [3.63, 3.8) is 0 Å². The van der Waals surface area contributed by atoms with Crippen molar-refractivity contribution >= 4 is 12.4 Å². The van der Waals surface area contributed by atoms with E-state index in [1.54, 1.807) is 0 Å². The van der Waals surface area contributed by atoms with Crippen LogP contribution in [0.2, 0.25) is 0 Å². The molecule has 2 heteroatoms. The van der Waals surface area contributed by atoms with Crippen LogP contribution in [0.15, 0.2) is 24.3 Å². The molecule has 2 rings (SSSR count). The summed E-state index contributed by atoms with van der Waals surface area (Å²) in [7, 11) is 0. The van der Waals surface area contributed by atoms with Crippen LogP contribution in [0.5, 0.6) is 5.75 Å². The van der Waals surface area contributed by atoms with Gasteiger partial charge in [0.2, 0.25) is 0 Å². The lowest BCUT2D eigenvalue weighted by Crippen LogP contribution is -2.00. The number of fused-ring (bicyclic) bond motifs is 1. The van der Waals surface area contributed by atoms with Gasteiger partial charge in [0.05, 0.1) is 0 Å². The average Bonchev–Trinajstić information content (AvgIpc) is 2.26. The molecule has 1 aromatic carbocycles. The van der Waals surface area contributed by atoms with E-state index in [9.17, 15) is 4.79 Å². The smallest absolute Gasteiger partial charge is 0.127 e. The maximum absolute atomic E-state index is 10.2. The minimum Gasteiger partial charge on any atom is -0.489 e. The van der Waals surface area contributed by atoms with E-state index in [2.05, 4.69) is 12.1 Å². The molecule has 0 aromatic heterocycles. The number of carbonyl (C=O) groups is 1. The normalized spacial score (nSPS) is 13.1. The molecule has 0 N–H and O–H groups in total. The number of rotatable bonds is 3. The molecule has 1 aliphatic heterocycles. The first-order valence-electron chi connectivity index (χ1n) is 4.76. The van der Waals surface area contributed by atoms with Gasteiger partial charge >= 0.3 is 0 Å². The Balaban J connectivity index is 2.21. The van der Waals surface area contributed by atoms with Crippen molar-refractivity contribution in [3.05, 3.63) is 35.4 Å². The van der Waals surface area contributed by atoms with Gasteiger partial charge in [0.1, 0.15) is 18.6 Å². The van der Waals surface area contributed by atoms with Crippen molar-refractivity contribution in [3.8, 4) is 5.75 Å². The van der Waals surface area contributed by atoms with Crippen molar-refractivity contribution in [2.75, 3.05) is 6.61 Å². The Labute approximate surface area is 83.2 Å². The van der Waals surface area contributed by atoms with E-state index < -0.39 is 0 Å². The molecule has 1 aliphatic rings. The summed E-state index contributed by atoms with van der Waals surface area (Å²) in [4.78, 5) is 10.2. The number of ether oxygens (including phenoxy) is 1. The van der Waals surface area contributed by atoms with Gasteiger partial charge in [0, 0.05) is 12.0 Å². The zero-order valence-electron chi connectivity index (χ0n) is 7.90. The van der Waals surface area contributed by atoms with Crippen LogP contribution in [0.4, 0.5) is 0 Å². The molecule has 1 aromatic rings. The van der Waals surface area contributed by atoms with Crippen LogP contribution in [-0.2, 0) is 11.2 Å². The molecule has 14 heavy (non-hydrogen) atoms. The second-order valence-electron chi connectivity index (χ2n) is 3.29. The highest BCUT2D eigenvalue weighted by Crippen LogP contribution is 2.24. The number of hydrogen-bond donors (Lipinski definition) is 0. The maximum Gasteiger partial charge on any atom is 0.127 e. The zero-order valence-corrected chi connectivity index (χ0v) is 7.90. The van der Waals surface area contributed by atoms with Crippen LogP contribution in [0.3, 0.4) is 0 Å². The van der Waals surface area contributed by atoms with Gasteiger partial charge in [-0.2, -0.15) is 0 Å². The Morgan fingerprint density at radius 3 is 3.21 bits per heavy atom. The molecule has 0 bridgehead atoms. The molecular weight excluding hydrogens is 176 g/mol. The van der Waals surface area contributed by atoms with E-state index in [-0.39, 0.29) is 0 Å². The van der Waals surface area contributed by atoms with Gasteiger partial charge < -0.3 is 9.53 Å². The summed E-state index contributed by atoms with van der Waals surface area (Å²) in [6.45, 7) is 0.653. The summed E-state index contributed by atoms with van der Waals surface area (Å²) >= 11 is 0. The van der Waals surface area contributed by atoms with Gasteiger partial charge in [-0.05, 0) is 30.2 Å². The quantitative estimate of drug-likeness (QED) is 0.680. The summed E-state index contributed by atoms with van der Waals surface area (Å²) in [5.41, 5.74) is 2.30. The monoisotopic (exact) mass is 188 g/mol. The second kappa shape index (κ2) is 4.09. The standard InChI is InChI=1S/C12H12O2/c13-7-1-3-10-5-6-12-11(9-10)4-2-8-14-12/h2,4-7,9H,1,3,8H2. The molecule has 0 amide bonds. The van der Waals surface area contributed by atoms with Crippen molar-refractivity contribution < 1.29 is 9.53 Å². The van der Waals surface area contributed by atoms with Crippen LogP contribution in [-0.4, -0.2) is 12.9 Å². The highest BCUT2D eigenvalue weighted by Gasteiger charge is 2.05. The van der Waals surface area contributed by atoms with Crippen LogP contribution in [0.1, 0.15) is 17.5 Å². The van der Waals surface area contributed by atoms with Gasteiger partial charge in [-0.1, -0.05) is 12.1 Å². The van der Waals surface area contributed by atoms with E-state index in [0.717, 1.165) is 24.0 Å². The Hall–Kier alpha value is -1.57. The van der Waals surface area contributed by atoms with Crippen molar-refractivity contribution in [1.29, 1.82) is 0 Å². The zero-order chi connectivity index (χ0) is 9.80. The van der Waals surface area contributed by atoms with Crippen LogP contribution in [0.25, 0.3) is 6.08 Å². The highest BCUT2D eigenvalue weighted by atomic mass is 16.5. The first-order valence-corrected chi connectivity index (χ1v) is 4.76. The fourth-order valence-corrected chi connectivity index (χ4v) is 1.55. The molecule has 0 spiro atoms. The van der Waals surface area contributed by atoms with E-state index in [1.165, 1.54) is 5.56 Å². The third kappa shape index (κ3) is 1.84. The summed E-state index contributed by atoms with van der Waals surface area (Å²) in [5, 5.41) is 0. The molecule has 0 radical (unpaired) electrons. The van der Waals surface area contributed by atoms with E-state index in [4.69, 9.17) is 4.74 Å². The maximum atomic E-state index is 10.2. The molecule has 0 fully saturated rings. The molecule has 0 unspecified atom stereocenters. The second-order valence-corrected chi connectivity index (χ2v) is 3.29. The lowest BCUT2D eigenvalue weighted by Gasteiger charge is -2.12. The fourth-order valence-electron chi connectivity index (χ4n) is 1.55. The summed E-state index contributed by atoms with van der Waals surface area (Å²) in [5.74, 6) is 0.933. The average molecular weight is 188 g/mol. The number of carbonyl (C=O) groups excluding carboxylic acids is 1. The summed E-state index contributed by atoms with van der Waals surface area (Å²) in [6, 6.07) is 6.06. The topological polar surface area (TPSA) is 26.3 Å². The summed E-state index contributed by atoms with van der Waals surface area (Å²) < 4.78 is 5.43. The number of aryl methyl sites for hydroxylation is 1. The van der Waals surface area contributed by atoms with Crippen molar-refractivity contribution in [2.45, 2.75) is 12.8 Å². The van der Waals surface area contributed by atoms with Crippen LogP contribution >= 0.6 is 0 Å². The van der Waals surface area contributed by atoms with Gasteiger partial charge in [0.25, 0.3) is 0 Å². The van der Waals surface area contributed by atoms with Crippen molar-refractivity contribution in [1.82, 2.24) is 0 Å².